The highest BCUT2D eigenvalue weighted by molar-refractivity contribution is 7.19. The summed E-state index contributed by atoms with van der Waals surface area (Å²) in [6, 6.07) is 17.3. The number of nitrogens with zero attached hydrogens (tertiary/aromatic N) is 2. The van der Waals surface area contributed by atoms with Crippen LogP contribution in [0.5, 0.6) is 0 Å². The standard InChI is InChI=1S/C18H15ClN2S/c19-16-5-6-17(22-16)21-12-9-13-3-1-2-4-15(13)18(21)14-7-10-20-11-8-14/h1-8,10-11,18H,9,12H2. The van der Waals surface area contributed by atoms with Gasteiger partial charge < -0.3 is 4.90 Å². The molecule has 1 atom stereocenters. The van der Waals surface area contributed by atoms with Crippen LogP contribution in [0, 0.1) is 0 Å². The zero-order valence-corrected chi connectivity index (χ0v) is 13.5. The lowest BCUT2D eigenvalue weighted by atomic mass is 9.89. The highest BCUT2D eigenvalue weighted by Gasteiger charge is 2.29. The van der Waals surface area contributed by atoms with E-state index in [0.717, 1.165) is 17.3 Å². The third-order valence-corrected chi connectivity index (χ3v) is 5.42. The molecule has 4 rings (SSSR count). The minimum atomic E-state index is 0.225. The molecule has 0 radical (unpaired) electrons. The van der Waals surface area contributed by atoms with Gasteiger partial charge in [-0.15, -0.1) is 11.3 Å². The van der Waals surface area contributed by atoms with E-state index in [1.54, 1.807) is 11.3 Å². The van der Waals surface area contributed by atoms with Gasteiger partial charge in [0, 0.05) is 18.9 Å². The number of hydrogen-bond acceptors (Lipinski definition) is 3. The number of rotatable bonds is 2. The van der Waals surface area contributed by atoms with Crippen molar-refractivity contribution < 1.29 is 0 Å². The molecule has 0 amide bonds. The molecule has 0 aliphatic carbocycles. The summed E-state index contributed by atoms with van der Waals surface area (Å²) in [4.78, 5) is 6.61. The van der Waals surface area contributed by atoms with E-state index < -0.39 is 0 Å². The zero-order chi connectivity index (χ0) is 14.9. The quantitative estimate of drug-likeness (QED) is 0.662. The average molecular weight is 327 g/mol. The van der Waals surface area contributed by atoms with Crippen molar-refractivity contribution in [2.24, 2.45) is 0 Å². The van der Waals surface area contributed by atoms with Gasteiger partial charge in [0.1, 0.15) is 0 Å². The van der Waals surface area contributed by atoms with Crippen LogP contribution in [0.3, 0.4) is 0 Å². The summed E-state index contributed by atoms with van der Waals surface area (Å²) in [5.41, 5.74) is 4.08. The first kappa shape index (κ1) is 13.8. The summed E-state index contributed by atoms with van der Waals surface area (Å²) in [6.07, 6.45) is 4.80. The van der Waals surface area contributed by atoms with Crippen LogP contribution in [0.25, 0.3) is 0 Å². The summed E-state index contributed by atoms with van der Waals surface area (Å²) in [7, 11) is 0. The van der Waals surface area contributed by atoms with E-state index in [9.17, 15) is 0 Å². The normalized spacial score (nSPS) is 17.3. The van der Waals surface area contributed by atoms with Crippen LogP contribution in [0.4, 0.5) is 5.00 Å². The van der Waals surface area contributed by atoms with Crippen molar-refractivity contribution in [3.05, 3.63) is 82.0 Å². The molecule has 2 nitrogen and oxygen atoms in total. The molecule has 2 aromatic heterocycles. The number of thiophene rings is 1. The van der Waals surface area contributed by atoms with Crippen molar-refractivity contribution in [3.63, 3.8) is 0 Å². The van der Waals surface area contributed by atoms with Crippen LogP contribution in [-0.2, 0) is 6.42 Å². The number of hydrogen-bond donors (Lipinski definition) is 0. The summed E-state index contributed by atoms with van der Waals surface area (Å²) < 4.78 is 0.835. The van der Waals surface area contributed by atoms with Gasteiger partial charge in [-0.25, -0.2) is 0 Å². The van der Waals surface area contributed by atoms with Crippen LogP contribution in [0.1, 0.15) is 22.7 Å². The van der Waals surface area contributed by atoms with Gasteiger partial charge in [-0.1, -0.05) is 35.9 Å². The number of pyridine rings is 1. The number of halogens is 1. The first-order chi connectivity index (χ1) is 10.8. The third kappa shape index (κ3) is 2.40. The molecule has 1 aliphatic heterocycles. The molecular weight excluding hydrogens is 312 g/mol. The Hall–Kier alpha value is -1.84. The Kier molecular flexibility index (Phi) is 3.60. The monoisotopic (exact) mass is 326 g/mol. The molecule has 0 spiro atoms. The summed E-state index contributed by atoms with van der Waals surface area (Å²) in [6.45, 7) is 1.00. The molecule has 1 unspecified atom stereocenters. The van der Waals surface area contributed by atoms with Gasteiger partial charge in [-0.05, 0) is 47.4 Å². The second kappa shape index (κ2) is 5.75. The molecular formula is C18H15ClN2S. The predicted octanol–water partition coefficient (Wildman–Crippen LogP) is 4.95. The Morgan fingerprint density at radius 2 is 1.86 bits per heavy atom. The van der Waals surface area contributed by atoms with Crippen LogP contribution in [-0.4, -0.2) is 11.5 Å². The van der Waals surface area contributed by atoms with Crippen molar-refractivity contribution in [2.75, 3.05) is 11.4 Å². The smallest absolute Gasteiger partial charge is 0.0950 e. The van der Waals surface area contributed by atoms with Gasteiger partial charge in [0.2, 0.25) is 0 Å². The second-order valence-electron chi connectivity index (χ2n) is 5.40. The van der Waals surface area contributed by atoms with Crippen molar-refractivity contribution in [2.45, 2.75) is 12.5 Å². The maximum absolute atomic E-state index is 6.16. The molecule has 0 N–H and O–H groups in total. The summed E-state index contributed by atoms with van der Waals surface area (Å²) in [5, 5.41) is 1.22. The van der Waals surface area contributed by atoms with Gasteiger partial charge in [0.05, 0.1) is 15.4 Å². The minimum Gasteiger partial charge on any atom is -0.352 e. The van der Waals surface area contributed by atoms with E-state index in [-0.39, 0.29) is 6.04 Å². The molecule has 3 aromatic rings. The molecule has 3 heterocycles. The topological polar surface area (TPSA) is 16.1 Å². The van der Waals surface area contributed by atoms with Crippen LogP contribution < -0.4 is 4.90 Å². The Bertz CT molecular complexity index is 785. The molecule has 0 bridgehead atoms. The minimum absolute atomic E-state index is 0.225. The van der Waals surface area contributed by atoms with Crippen molar-refractivity contribution >= 4 is 27.9 Å². The van der Waals surface area contributed by atoms with E-state index in [4.69, 9.17) is 11.6 Å². The van der Waals surface area contributed by atoms with E-state index in [1.165, 1.54) is 21.7 Å². The Morgan fingerprint density at radius 3 is 2.64 bits per heavy atom. The molecule has 22 heavy (non-hydrogen) atoms. The molecule has 0 saturated heterocycles. The summed E-state index contributed by atoms with van der Waals surface area (Å²) in [5.74, 6) is 0. The fourth-order valence-electron chi connectivity index (χ4n) is 3.17. The van der Waals surface area contributed by atoms with E-state index in [1.807, 2.05) is 18.5 Å². The maximum Gasteiger partial charge on any atom is 0.0950 e. The predicted molar refractivity (Wildman–Crippen MR) is 92.9 cm³/mol. The van der Waals surface area contributed by atoms with E-state index >= 15 is 0 Å². The Labute approximate surface area is 139 Å². The van der Waals surface area contributed by atoms with Crippen molar-refractivity contribution in [1.82, 2.24) is 4.98 Å². The van der Waals surface area contributed by atoms with E-state index in [0.29, 0.717) is 0 Å². The number of fused-ring (bicyclic) bond motifs is 1. The Balaban J connectivity index is 1.85. The molecule has 0 fully saturated rings. The zero-order valence-electron chi connectivity index (χ0n) is 11.9. The first-order valence-corrected chi connectivity index (χ1v) is 8.52. The van der Waals surface area contributed by atoms with Crippen LogP contribution in [0.2, 0.25) is 4.34 Å². The number of anilines is 1. The SMILES string of the molecule is Clc1ccc(N2CCc3ccccc3C2c2ccncc2)s1. The lowest BCUT2D eigenvalue weighted by Crippen LogP contribution is -2.35. The lowest BCUT2D eigenvalue weighted by molar-refractivity contribution is 0.657. The first-order valence-electron chi connectivity index (χ1n) is 7.32. The fraction of sp³-hybridized carbons (Fsp3) is 0.167. The molecule has 0 saturated carbocycles. The second-order valence-corrected chi connectivity index (χ2v) is 7.10. The largest absolute Gasteiger partial charge is 0.352 e. The van der Waals surface area contributed by atoms with E-state index in [2.05, 4.69) is 52.3 Å². The highest BCUT2D eigenvalue weighted by atomic mass is 35.5. The third-order valence-electron chi connectivity index (χ3n) is 4.15. The molecule has 1 aromatic carbocycles. The number of aromatic nitrogens is 1. The Morgan fingerprint density at radius 1 is 1.05 bits per heavy atom. The van der Waals surface area contributed by atoms with Crippen LogP contribution in [0.15, 0.2) is 60.9 Å². The van der Waals surface area contributed by atoms with Crippen LogP contribution >= 0.6 is 22.9 Å². The summed E-state index contributed by atoms with van der Waals surface area (Å²) >= 11 is 7.80. The van der Waals surface area contributed by atoms with Gasteiger partial charge in [-0.3, -0.25) is 4.98 Å². The molecule has 4 heteroatoms. The lowest BCUT2D eigenvalue weighted by Gasteiger charge is -2.38. The van der Waals surface area contributed by atoms with Gasteiger partial charge in [-0.2, -0.15) is 0 Å². The van der Waals surface area contributed by atoms with Gasteiger partial charge >= 0.3 is 0 Å². The number of benzene rings is 1. The molecule has 1 aliphatic rings. The molecule has 110 valence electrons. The highest BCUT2D eigenvalue weighted by Crippen LogP contribution is 2.41. The maximum atomic E-state index is 6.16. The van der Waals surface area contributed by atoms with Crippen molar-refractivity contribution in [1.29, 1.82) is 0 Å². The van der Waals surface area contributed by atoms with Gasteiger partial charge in [0.15, 0.2) is 0 Å². The average Bonchev–Trinajstić information content (AvgIpc) is 3.01. The van der Waals surface area contributed by atoms with Crippen molar-refractivity contribution in [3.8, 4) is 0 Å². The fourth-order valence-corrected chi connectivity index (χ4v) is 4.25. The van der Waals surface area contributed by atoms with Gasteiger partial charge in [0.25, 0.3) is 0 Å².